The first-order valence-electron chi connectivity index (χ1n) is 6.74. The molecule has 0 fully saturated rings. The van der Waals surface area contributed by atoms with E-state index in [2.05, 4.69) is 73.5 Å². The fourth-order valence-electron chi connectivity index (χ4n) is 2.10. The van der Waals surface area contributed by atoms with Crippen molar-refractivity contribution in [1.29, 1.82) is 0 Å². The third-order valence-corrected chi connectivity index (χ3v) is 3.05. The maximum absolute atomic E-state index is 5.92. The Kier molecular flexibility index (Phi) is 4.41. The lowest BCUT2D eigenvalue weighted by molar-refractivity contribution is 1.06. The Balaban J connectivity index is 2.01. The molecular formula is C17H21N3. The van der Waals surface area contributed by atoms with E-state index in [1.54, 1.807) is 0 Å². The van der Waals surface area contributed by atoms with Crippen LogP contribution in [0.5, 0.6) is 0 Å². The molecule has 0 saturated heterocycles. The van der Waals surface area contributed by atoms with Gasteiger partial charge in [0.2, 0.25) is 0 Å². The zero-order valence-corrected chi connectivity index (χ0v) is 12.3. The smallest absolute Gasteiger partial charge is 0.193 e. The minimum Gasteiger partial charge on any atom is -0.370 e. The van der Waals surface area contributed by atoms with Gasteiger partial charge in [-0.25, -0.2) is 4.99 Å². The van der Waals surface area contributed by atoms with Crippen LogP contribution in [0.4, 0.5) is 5.69 Å². The summed E-state index contributed by atoms with van der Waals surface area (Å²) < 4.78 is 0. The Bertz CT molecular complexity index is 592. The van der Waals surface area contributed by atoms with Crippen LogP contribution in [0.1, 0.15) is 22.3 Å². The molecule has 2 aromatic rings. The van der Waals surface area contributed by atoms with Gasteiger partial charge in [-0.15, -0.1) is 0 Å². The molecule has 3 heteroatoms. The minimum atomic E-state index is 0.440. The number of aliphatic imine (C=N–C) groups is 1. The molecule has 2 aromatic carbocycles. The molecule has 104 valence electrons. The number of nitrogens with zero attached hydrogens (tertiary/aromatic N) is 1. The molecule has 0 atom stereocenters. The molecule has 0 heterocycles. The number of rotatable bonds is 3. The number of benzene rings is 2. The summed E-state index contributed by atoms with van der Waals surface area (Å²) in [6.07, 6.45) is 0. The molecule has 0 bridgehead atoms. The molecule has 0 spiro atoms. The molecule has 0 aliphatic heterocycles. The summed E-state index contributed by atoms with van der Waals surface area (Å²) in [4.78, 5) is 4.36. The molecule has 0 aromatic heterocycles. The van der Waals surface area contributed by atoms with E-state index in [0.29, 0.717) is 12.5 Å². The first-order chi connectivity index (χ1) is 9.52. The molecule has 0 radical (unpaired) electrons. The summed E-state index contributed by atoms with van der Waals surface area (Å²) in [5.74, 6) is 0.440. The Labute approximate surface area is 120 Å². The average molecular weight is 267 g/mol. The van der Waals surface area contributed by atoms with E-state index in [1.165, 1.54) is 16.7 Å². The maximum atomic E-state index is 5.92. The largest absolute Gasteiger partial charge is 0.370 e. The van der Waals surface area contributed by atoms with Crippen molar-refractivity contribution < 1.29 is 0 Å². The van der Waals surface area contributed by atoms with Crippen LogP contribution in [0, 0.1) is 20.8 Å². The topological polar surface area (TPSA) is 50.4 Å². The van der Waals surface area contributed by atoms with Crippen molar-refractivity contribution in [3.05, 3.63) is 64.7 Å². The minimum absolute atomic E-state index is 0.440. The van der Waals surface area contributed by atoms with E-state index in [1.807, 2.05) is 0 Å². The highest BCUT2D eigenvalue weighted by Gasteiger charge is 1.98. The van der Waals surface area contributed by atoms with E-state index >= 15 is 0 Å². The van der Waals surface area contributed by atoms with Crippen molar-refractivity contribution in [2.75, 3.05) is 5.32 Å². The van der Waals surface area contributed by atoms with Gasteiger partial charge in [0.15, 0.2) is 5.96 Å². The van der Waals surface area contributed by atoms with Gasteiger partial charge in [-0.05, 0) is 49.6 Å². The van der Waals surface area contributed by atoms with E-state index in [-0.39, 0.29) is 0 Å². The molecule has 3 nitrogen and oxygen atoms in total. The standard InChI is InChI=1S/C17H21N3/c1-12-4-6-15(7-5-12)11-19-17(18)20-16-9-13(2)8-14(3)10-16/h4-10H,11H2,1-3H3,(H3,18,19,20). The van der Waals surface area contributed by atoms with Gasteiger partial charge in [0.25, 0.3) is 0 Å². The zero-order chi connectivity index (χ0) is 14.5. The Morgan fingerprint density at radius 2 is 1.55 bits per heavy atom. The van der Waals surface area contributed by atoms with Crippen molar-refractivity contribution in [1.82, 2.24) is 0 Å². The summed E-state index contributed by atoms with van der Waals surface area (Å²) in [6.45, 7) is 6.79. The third kappa shape index (κ3) is 4.12. The number of aryl methyl sites for hydroxylation is 3. The lowest BCUT2D eigenvalue weighted by Crippen LogP contribution is -2.22. The Morgan fingerprint density at radius 1 is 0.950 bits per heavy atom. The molecule has 2 rings (SSSR count). The van der Waals surface area contributed by atoms with Crippen molar-refractivity contribution in [3.63, 3.8) is 0 Å². The molecular weight excluding hydrogens is 246 g/mol. The van der Waals surface area contributed by atoms with Crippen LogP contribution in [0.15, 0.2) is 47.5 Å². The fraction of sp³-hybridized carbons (Fsp3) is 0.235. The predicted octanol–water partition coefficient (Wildman–Crippen LogP) is 3.54. The predicted molar refractivity (Wildman–Crippen MR) is 86.0 cm³/mol. The lowest BCUT2D eigenvalue weighted by atomic mass is 10.1. The number of nitrogens with two attached hydrogens (primary N) is 1. The van der Waals surface area contributed by atoms with Gasteiger partial charge >= 0.3 is 0 Å². The van der Waals surface area contributed by atoms with Gasteiger partial charge in [-0.2, -0.15) is 0 Å². The quantitative estimate of drug-likeness (QED) is 0.660. The van der Waals surface area contributed by atoms with Crippen LogP contribution in [0.2, 0.25) is 0 Å². The SMILES string of the molecule is Cc1ccc(CN=C(N)Nc2cc(C)cc(C)c2)cc1. The van der Waals surface area contributed by atoms with Gasteiger partial charge in [-0.3, -0.25) is 0 Å². The van der Waals surface area contributed by atoms with Gasteiger partial charge in [-0.1, -0.05) is 35.9 Å². The second-order valence-electron chi connectivity index (χ2n) is 5.19. The number of guanidine groups is 1. The van der Waals surface area contributed by atoms with Crippen LogP contribution >= 0.6 is 0 Å². The summed E-state index contributed by atoms with van der Waals surface area (Å²) in [6, 6.07) is 14.6. The number of nitrogens with one attached hydrogen (secondary N) is 1. The molecule has 0 aliphatic carbocycles. The van der Waals surface area contributed by atoms with Crippen molar-refractivity contribution in [2.45, 2.75) is 27.3 Å². The third-order valence-electron chi connectivity index (χ3n) is 3.05. The fourth-order valence-corrected chi connectivity index (χ4v) is 2.10. The van der Waals surface area contributed by atoms with Crippen molar-refractivity contribution in [3.8, 4) is 0 Å². The second-order valence-corrected chi connectivity index (χ2v) is 5.19. The van der Waals surface area contributed by atoms with Gasteiger partial charge in [0.1, 0.15) is 0 Å². The molecule has 0 aliphatic rings. The Morgan fingerprint density at radius 3 is 2.15 bits per heavy atom. The average Bonchev–Trinajstić information content (AvgIpc) is 2.37. The van der Waals surface area contributed by atoms with Crippen molar-refractivity contribution >= 4 is 11.6 Å². The van der Waals surface area contributed by atoms with E-state index < -0.39 is 0 Å². The van der Waals surface area contributed by atoms with Crippen LogP contribution in [-0.4, -0.2) is 5.96 Å². The van der Waals surface area contributed by atoms with Crippen LogP contribution in [0.25, 0.3) is 0 Å². The molecule has 0 saturated carbocycles. The van der Waals surface area contributed by atoms with Crippen LogP contribution < -0.4 is 11.1 Å². The molecule has 3 N–H and O–H groups in total. The summed E-state index contributed by atoms with van der Waals surface area (Å²) in [7, 11) is 0. The van der Waals surface area contributed by atoms with Gasteiger partial charge in [0, 0.05) is 5.69 Å². The number of hydrogen-bond acceptors (Lipinski definition) is 1. The highest BCUT2D eigenvalue weighted by Crippen LogP contribution is 2.13. The number of hydrogen-bond donors (Lipinski definition) is 2. The lowest BCUT2D eigenvalue weighted by Gasteiger charge is -2.08. The van der Waals surface area contributed by atoms with Crippen LogP contribution in [0.3, 0.4) is 0 Å². The summed E-state index contributed by atoms with van der Waals surface area (Å²) in [5.41, 5.74) is 11.7. The molecule has 0 unspecified atom stereocenters. The normalized spacial score (nSPS) is 11.4. The highest BCUT2D eigenvalue weighted by atomic mass is 15.1. The maximum Gasteiger partial charge on any atom is 0.193 e. The number of anilines is 1. The van der Waals surface area contributed by atoms with E-state index in [9.17, 15) is 0 Å². The van der Waals surface area contributed by atoms with E-state index in [4.69, 9.17) is 5.73 Å². The van der Waals surface area contributed by atoms with Gasteiger partial charge in [0.05, 0.1) is 6.54 Å². The van der Waals surface area contributed by atoms with E-state index in [0.717, 1.165) is 11.3 Å². The zero-order valence-electron chi connectivity index (χ0n) is 12.3. The summed E-state index contributed by atoms with van der Waals surface area (Å²) >= 11 is 0. The summed E-state index contributed by atoms with van der Waals surface area (Å²) in [5, 5.41) is 3.13. The second kappa shape index (κ2) is 6.24. The van der Waals surface area contributed by atoms with Gasteiger partial charge < -0.3 is 11.1 Å². The molecule has 20 heavy (non-hydrogen) atoms. The molecule has 0 amide bonds. The highest BCUT2D eigenvalue weighted by molar-refractivity contribution is 5.92. The Hall–Kier alpha value is -2.29. The van der Waals surface area contributed by atoms with Crippen molar-refractivity contribution in [2.24, 2.45) is 10.7 Å². The first kappa shape index (κ1) is 14.1. The monoisotopic (exact) mass is 267 g/mol. The van der Waals surface area contributed by atoms with Crippen LogP contribution in [-0.2, 0) is 6.54 Å². The first-order valence-corrected chi connectivity index (χ1v) is 6.74.